The Bertz CT molecular complexity index is 500. The highest BCUT2D eigenvalue weighted by atomic mass is 16.4. The Labute approximate surface area is 119 Å². The average molecular weight is 278 g/mol. The van der Waals surface area contributed by atoms with Gasteiger partial charge in [0.05, 0.1) is 5.92 Å². The number of benzene rings is 1. The first-order valence-corrected chi connectivity index (χ1v) is 6.71. The molecule has 2 amide bonds. The Balaban J connectivity index is 2.77. The van der Waals surface area contributed by atoms with Gasteiger partial charge in [0.15, 0.2) is 0 Å². The van der Waals surface area contributed by atoms with E-state index in [1.165, 1.54) is 4.90 Å². The molecule has 0 heterocycles. The first kappa shape index (κ1) is 16.0. The summed E-state index contributed by atoms with van der Waals surface area (Å²) < 4.78 is 0. The van der Waals surface area contributed by atoms with Crippen molar-refractivity contribution < 1.29 is 14.7 Å². The maximum Gasteiger partial charge on any atom is 0.321 e. The summed E-state index contributed by atoms with van der Waals surface area (Å²) in [7, 11) is 0. The van der Waals surface area contributed by atoms with E-state index in [9.17, 15) is 9.59 Å². The van der Waals surface area contributed by atoms with Crippen LogP contribution < -0.4 is 5.32 Å². The first-order valence-electron chi connectivity index (χ1n) is 6.71. The van der Waals surface area contributed by atoms with E-state index < -0.39 is 11.9 Å². The number of urea groups is 1. The maximum absolute atomic E-state index is 12.2. The summed E-state index contributed by atoms with van der Waals surface area (Å²) in [5, 5.41) is 11.8. The van der Waals surface area contributed by atoms with Gasteiger partial charge in [-0.2, -0.15) is 0 Å². The van der Waals surface area contributed by atoms with Gasteiger partial charge in [-0.25, -0.2) is 4.79 Å². The number of carbonyl (C=O) groups is 2. The molecule has 1 aromatic carbocycles. The van der Waals surface area contributed by atoms with E-state index in [0.717, 1.165) is 16.8 Å². The standard InChI is InChI=1S/C15H22N2O3/c1-5-17(9-11(3)14(18)19)15(20)16-13-8-6-7-10(2)12(13)4/h6-8,11H,5,9H2,1-4H3,(H,16,20)(H,18,19). The number of hydrogen-bond donors (Lipinski definition) is 2. The highest BCUT2D eigenvalue weighted by Gasteiger charge is 2.19. The van der Waals surface area contributed by atoms with Crippen LogP contribution in [-0.4, -0.2) is 35.1 Å². The van der Waals surface area contributed by atoms with Gasteiger partial charge in [-0.05, 0) is 38.0 Å². The van der Waals surface area contributed by atoms with Crippen molar-refractivity contribution in [3.05, 3.63) is 29.3 Å². The number of rotatable bonds is 5. The molecule has 0 radical (unpaired) electrons. The Morgan fingerprint density at radius 3 is 2.55 bits per heavy atom. The molecule has 0 aliphatic heterocycles. The van der Waals surface area contributed by atoms with Crippen LogP contribution in [0.5, 0.6) is 0 Å². The molecule has 1 rings (SSSR count). The van der Waals surface area contributed by atoms with Crippen LogP contribution in [0.15, 0.2) is 18.2 Å². The van der Waals surface area contributed by atoms with E-state index in [0.29, 0.717) is 6.54 Å². The lowest BCUT2D eigenvalue weighted by atomic mass is 10.1. The molecule has 0 fully saturated rings. The van der Waals surface area contributed by atoms with Crippen LogP contribution in [0, 0.1) is 19.8 Å². The molecular formula is C15H22N2O3. The van der Waals surface area contributed by atoms with Crippen LogP contribution in [0.1, 0.15) is 25.0 Å². The Kier molecular flexibility index (Phi) is 5.55. The highest BCUT2D eigenvalue weighted by molar-refractivity contribution is 5.90. The third-order valence-electron chi connectivity index (χ3n) is 3.43. The van der Waals surface area contributed by atoms with Gasteiger partial charge in [-0.1, -0.05) is 19.1 Å². The van der Waals surface area contributed by atoms with E-state index in [1.807, 2.05) is 39.0 Å². The predicted octanol–water partition coefficient (Wildman–Crippen LogP) is 2.88. The fourth-order valence-corrected chi connectivity index (χ4v) is 1.85. The van der Waals surface area contributed by atoms with Crippen molar-refractivity contribution in [3.8, 4) is 0 Å². The van der Waals surface area contributed by atoms with Crippen LogP contribution >= 0.6 is 0 Å². The van der Waals surface area contributed by atoms with Crippen molar-refractivity contribution in [1.82, 2.24) is 4.90 Å². The monoisotopic (exact) mass is 278 g/mol. The van der Waals surface area contributed by atoms with Crippen LogP contribution in [0.3, 0.4) is 0 Å². The zero-order chi connectivity index (χ0) is 15.3. The zero-order valence-electron chi connectivity index (χ0n) is 12.4. The lowest BCUT2D eigenvalue weighted by molar-refractivity contribution is -0.141. The fourth-order valence-electron chi connectivity index (χ4n) is 1.85. The minimum absolute atomic E-state index is 0.197. The van der Waals surface area contributed by atoms with E-state index in [1.54, 1.807) is 6.92 Å². The number of amides is 2. The summed E-state index contributed by atoms with van der Waals surface area (Å²) in [6, 6.07) is 5.44. The molecule has 5 heteroatoms. The summed E-state index contributed by atoms with van der Waals surface area (Å²) in [4.78, 5) is 24.6. The smallest absolute Gasteiger partial charge is 0.321 e. The summed E-state index contributed by atoms with van der Waals surface area (Å²) in [6.07, 6.45) is 0. The molecule has 0 spiro atoms. The molecule has 1 unspecified atom stereocenters. The number of carboxylic acid groups (broad SMARTS) is 1. The minimum atomic E-state index is -0.900. The fraction of sp³-hybridized carbons (Fsp3) is 0.467. The molecular weight excluding hydrogens is 256 g/mol. The van der Waals surface area contributed by atoms with E-state index in [4.69, 9.17) is 5.11 Å². The Hall–Kier alpha value is -2.04. The van der Waals surface area contributed by atoms with Gasteiger partial charge in [0, 0.05) is 18.8 Å². The van der Waals surface area contributed by atoms with Crippen molar-refractivity contribution in [2.45, 2.75) is 27.7 Å². The summed E-state index contributed by atoms with van der Waals surface area (Å²) in [6.45, 7) is 8.01. The molecule has 20 heavy (non-hydrogen) atoms. The molecule has 0 saturated carbocycles. The maximum atomic E-state index is 12.2. The lowest BCUT2D eigenvalue weighted by Gasteiger charge is -2.24. The molecule has 0 aromatic heterocycles. The first-order chi connectivity index (χ1) is 9.36. The Morgan fingerprint density at radius 2 is 2.00 bits per heavy atom. The second-order valence-electron chi connectivity index (χ2n) is 4.96. The van der Waals surface area contributed by atoms with Crippen LogP contribution in [0.4, 0.5) is 10.5 Å². The van der Waals surface area contributed by atoms with E-state index in [2.05, 4.69) is 5.32 Å². The number of nitrogens with zero attached hydrogens (tertiary/aromatic N) is 1. The molecule has 0 aliphatic carbocycles. The van der Waals surface area contributed by atoms with Crippen LogP contribution in [0.25, 0.3) is 0 Å². The molecule has 0 saturated heterocycles. The molecule has 110 valence electrons. The van der Waals surface area contributed by atoms with Crippen molar-refractivity contribution in [2.24, 2.45) is 5.92 Å². The normalized spacial score (nSPS) is 11.8. The van der Waals surface area contributed by atoms with Gasteiger partial charge in [0.1, 0.15) is 0 Å². The topological polar surface area (TPSA) is 69.6 Å². The van der Waals surface area contributed by atoms with Gasteiger partial charge in [0.25, 0.3) is 0 Å². The summed E-state index contributed by atoms with van der Waals surface area (Å²) in [5.41, 5.74) is 2.88. The summed E-state index contributed by atoms with van der Waals surface area (Å²) >= 11 is 0. The molecule has 5 nitrogen and oxygen atoms in total. The largest absolute Gasteiger partial charge is 0.481 e. The molecule has 0 bridgehead atoms. The third kappa shape index (κ3) is 3.98. The second-order valence-corrected chi connectivity index (χ2v) is 4.96. The lowest BCUT2D eigenvalue weighted by Crippen LogP contribution is -2.39. The third-order valence-corrected chi connectivity index (χ3v) is 3.43. The molecule has 2 N–H and O–H groups in total. The number of nitrogens with one attached hydrogen (secondary N) is 1. The minimum Gasteiger partial charge on any atom is -0.481 e. The quantitative estimate of drug-likeness (QED) is 0.870. The van der Waals surface area contributed by atoms with Crippen LogP contribution in [0.2, 0.25) is 0 Å². The van der Waals surface area contributed by atoms with Gasteiger partial charge in [-0.15, -0.1) is 0 Å². The number of carbonyl (C=O) groups excluding carboxylic acids is 1. The van der Waals surface area contributed by atoms with Gasteiger partial charge in [-0.3, -0.25) is 4.79 Å². The molecule has 0 aliphatic rings. The highest BCUT2D eigenvalue weighted by Crippen LogP contribution is 2.18. The number of aliphatic carboxylic acids is 1. The van der Waals surface area contributed by atoms with Crippen molar-refractivity contribution in [3.63, 3.8) is 0 Å². The van der Waals surface area contributed by atoms with Crippen molar-refractivity contribution >= 4 is 17.7 Å². The van der Waals surface area contributed by atoms with Gasteiger partial charge >= 0.3 is 12.0 Å². The van der Waals surface area contributed by atoms with Gasteiger partial charge in [0.2, 0.25) is 0 Å². The van der Waals surface area contributed by atoms with Crippen molar-refractivity contribution in [1.29, 1.82) is 0 Å². The number of anilines is 1. The Morgan fingerprint density at radius 1 is 1.35 bits per heavy atom. The van der Waals surface area contributed by atoms with Crippen molar-refractivity contribution in [2.75, 3.05) is 18.4 Å². The summed E-state index contributed by atoms with van der Waals surface area (Å²) in [5.74, 6) is -1.48. The second kappa shape index (κ2) is 6.93. The molecule has 1 aromatic rings. The predicted molar refractivity (Wildman–Crippen MR) is 79.0 cm³/mol. The zero-order valence-corrected chi connectivity index (χ0v) is 12.4. The van der Waals surface area contributed by atoms with E-state index in [-0.39, 0.29) is 12.6 Å². The molecule has 1 atom stereocenters. The number of hydrogen-bond acceptors (Lipinski definition) is 2. The average Bonchev–Trinajstić information content (AvgIpc) is 2.40. The SMILES string of the molecule is CCN(CC(C)C(=O)O)C(=O)Nc1cccc(C)c1C. The van der Waals surface area contributed by atoms with Gasteiger partial charge < -0.3 is 15.3 Å². The van der Waals surface area contributed by atoms with Crippen LogP contribution in [-0.2, 0) is 4.79 Å². The number of aryl methyl sites for hydroxylation is 1. The van der Waals surface area contributed by atoms with E-state index >= 15 is 0 Å². The number of carboxylic acids is 1.